The van der Waals surface area contributed by atoms with Crippen molar-refractivity contribution in [2.24, 2.45) is 0 Å². The van der Waals surface area contributed by atoms with Gasteiger partial charge in [0.25, 0.3) is 5.91 Å². The Kier molecular flexibility index (Phi) is 5.49. The van der Waals surface area contributed by atoms with Crippen LogP contribution >= 0.6 is 0 Å². The summed E-state index contributed by atoms with van der Waals surface area (Å²) in [5.41, 5.74) is 0.713. The highest BCUT2D eigenvalue weighted by Gasteiger charge is 2.37. The molecule has 1 aromatic heterocycles. The van der Waals surface area contributed by atoms with Crippen molar-refractivity contribution in [3.05, 3.63) is 74.9 Å². The van der Waals surface area contributed by atoms with Crippen LogP contribution in [0.2, 0.25) is 0 Å². The van der Waals surface area contributed by atoms with Crippen LogP contribution in [-0.2, 0) is 20.9 Å². The number of ether oxygens (including phenoxy) is 2. The number of furan rings is 1. The largest absolute Gasteiger partial charge is 0.490 e. The number of hydrogen-bond donors (Lipinski definition) is 0. The first-order valence-electron chi connectivity index (χ1n) is 8.55. The maximum atomic E-state index is 13.0. The van der Waals surface area contributed by atoms with Crippen molar-refractivity contribution in [1.82, 2.24) is 4.90 Å². The zero-order valence-electron chi connectivity index (χ0n) is 16.0. The molecule has 0 radical (unpaired) electrons. The third kappa shape index (κ3) is 3.75. The fraction of sp³-hybridized carbons (Fsp3) is 0.200. The molecule has 2 heterocycles. The van der Waals surface area contributed by atoms with Crippen LogP contribution in [0.4, 0.5) is 5.69 Å². The number of amides is 1. The molecule has 9 heteroatoms. The third-order valence-corrected chi connectivity index (χ3v) is 4.51. The molecule has 3 rings (SSSR count). The summed E-state index contributed by atoms with van der Waals surface area (Å²) in [7, 11) is 2.55. The molecule has 1 amide bonds. The predicted octanol–water partition coefficient (Wildman–Crippen LogP) is 3.07. The molecule has 1 aliphatic rings. The summed E-state index contributed by atoms with van der Waals surface area (Å²) in [5, 5.41) is 11.3. The van der Waals surface area contributed by atoms with Gasteiger partial charge < -0.3 is 18.8 Å². The Labute approximate surface area is 166 Å². The fourth-order valence-electron chi connectivity index (χ4n) is 3.08. The second-order valence-electron chi connectivity index (χ2n) is 6.17. The predicted molar refractivity (Wildman–Crippen MR) is 102 cm³/mol. The molecule has 9 nitrogen and oxygen atoms in total. The fourth-order valence-corrected chi connectivity index (χ4v) is 3.08. The highest BCUT2D eigenvalue weighted by Crippen LogP contribution is 2.34. The molecule has 0 N–H and O–H groups in total. The minimum atomic E-state index is -0.674. The summed E-state index contributed by atoms with van der Waals surface area (Å²) < 4.78 is 15.1. The minimum Gasteiger partial charge on any atom is -0.490 e. The number of nitro groups is 1. The van der Waals surface area contributed by atoms with Gasteiger partial charge in [0.1, 0.15) is 5.76 Å². The summed E-state index contributed by atoms with van der Waals surface area (Å²) in [4.78, 5) is 37.5. The van der Waals surface area contributed by atoms with E-state index in [9.17, 15) is 19.7 Å². The Morgan fingerprint density at radius 1 is 1.31 bits per heavy atom. The Bertz CT molecular complexity index is 1040. The van der Waals surface area contributed by atoms with Gasteiger partial charge in [-0.3, -0.25) is 14.9 Å². The second-order valence-corrected chi connectivity index (χ2v) is 6.17. The van der Waals surface area contributed by atoms with Gasteiger partial charge in [0.05, 0.1) is 43.1 Å². The van der Waals surface area contributed by atoms with E-state index in [1.54, 1.807) is 25.1 Å². The average Bonchev–Trinajstić information content (AvgIpc) is 3.30. The lowest BCUT2D eigenvalue weighted by atomic mass is 10.0. The van der Waals surface area contributed by atoms with Crippen LogP contribution in [-0.4, -0.2) is 35.9 Å². The van der Waals surface area contributed by atoms with Crippen LogP contribution in [0.25, 0.3) is 6.08 Å². The summed E-state index contributed by atoms with van der Waals surface area (Å²) in [6, 6.07) is 7.68. The van der Waals surface area contributed by atoms with Gasteiger partial charge in [-0.05, 0) is 36.8 Å². The number of carbonyl (C=O) groups is 2. The van der Waals surface area contributed by atoms with Gasteiger partial charge in [-0.2, -0.15) is 0 Å². The molecule has 0 unspecified atom stereocenters. The van der Waals surface area contributed by atoms with E-state index in [1.165, 1.54) is 43.6 Å². The Morgan fingerprint density at radius 3 is 2.66 bits per heavy atom. The van der Waals surface area contributed by atoms with Gasteiger partial charge in [0.2, 0.25) is 0 Å². The summed E-state index contributed by atoms with van der Waals surface area (Å²) in [6.45, 7) is 1.77. The van der Waals surface area contributed by atoms with Gasteiger partial charge in [-0.1, -0.05) is 6.07 Å². The van der Waals surface area contributed by atoms with Gasteiger partial charge in [0.15, 0.2) is 5.75 Å². The maximum Gasteiger partial charge on any atom is 0.340 e. The lowest BCUT2D eigenvalue weighted by molar-refractivity contribution is -0.385. The third-order valence-electron chi connectivity index (χ3n) is 4.51. The molecular weight excluding hydrogens is 380 g/mol. The van der Waals surface area contributed by atoms with Crippen LogP contribution in [0.5, 0.6) is 5.75 Å². The number of allylic oxidation sites excluding steroid dienone is 1. The van der Waals surface area contributed by atoms with Gasteiger partial charge >= 0.3 is 11.7 Å². The monoisotopic (exact) mass is 398 g/mol. The molecule has 0 fully saturated rings. The highest BCUT2D eigenvalue weighted by atomic mass is 16.6. The Hall–Kier alpha value is -3.88. The van der Waals surface area contributed by atoms with Gasteiger partial charge in [-0.25, -0.2) is 4.79 Å². The quantitative estimate of drug-likeness (QED) is 0.318. The molecule has 0 aliphatic carbocycles. The van der Waals surface area contributed by atoms with E-state index in [0.29, 0.717) is 17.0 Å². The topological polar surface area (TPSA) is 112 Å². The van der Waals surface area contributed by atoms with E-state index in [-0.39, 0.29) is 29.1 Å². The van der Waals surface area contributed by atoms with Crippen molar-refractivity contribution in [3.8, 4) is 5.75 Å². The van der Waals surface area contributed by atoms with Crippen molar-refractivity contribution in [3.63, 3.8) is 0 Å². The Morgan fingerprint density at radius 2 is 2.07 bits per heavy atom. The van der Waals surface area contributed by atoms with Crippen LogP contribution in [0, 0.1) is 10.1 Å². The van der Waals surface area contributed by atoms with Gasteiger partial charge in [-0.15, -0.1) is 0 Å². The number of benzene rings is 1. The summed E-state index contributed by atoms with van der Waals surface area (Å²) in [5.74, 6) is -0.470. The van der Waals surface area contributed by atoms with E-state index in [1.807, 2.05) is 0 Å². The highest BCUT2D eigenvalue weighted by molar-refractivity contribution is 6.16. The second kappa shape index (κ2) is 8.01. The molecule has 2 aromatic rings. The number of nitro benzene ring substituents is 1. The van der Waals surface area contributed by atoms with Crippen molar-refractivity contribution in [2.75, 3.05) is 14.2 Å². The van der Waals surface area contributed by atoms with E-state index in [0.717, 1.165) is 0 Å². The molecule has 0 saturated heterocycles. The first-order chi connectivity index (χ1) is 13.9. The molecular formula is C20H18N2O7. The molecule has 0 spiro atoms. The van der Waals surface area contributed by atoms with Crippen molar-refractivity contribution < 1.29 is 28.4 Å². The first kappa shape index (κ1) is 19.9. The van der Waals surface area contributed by atoms with Crippen LogP contribution in [0.15, 0.2) is 57.9 Å². The van der Waals surface area contributed by atoms with Crippen LogP contribution in [0.3, 0.4) is 0 Å². The molecule has 1 aromatic carbocycles. The molecule has 0 atom stereocenters. The van der Waals surface area contributed by atoms with E-state index in [4.69, 9.17) is 13.9 Å². The SMILES string of the molecule is COC(=O)C1=C(C)N(Cc2ccco2)C(=O)C1=Cc1ccc(OC)c([N+](=O)[O-])c1. The lowest BCUT2D eigenvalue weighted by Gasteiger charge is -2.16. The molecule has 0 saturated carbocycles. The zero-order valence-corrected chi connectivity index (χ0v) is 16.0. The van der Waals surface area contributed by atoms with Gasteiger partial charge in [0, 0.05) is 11.8 Å². The normalized spacial score (nSPS) is 15.2. The van der Waals surface area contributed by atoms with E-state index >= 15 is 0 Å². The molecule has 150 valence electrons. The summed E-state index contributed by atoms with van der Waals surface area (Å²) >= 11 is 0. The number of carbonyl (C=O) groups excluding carboxylic acids is 2. The zero-order chi connectivity index (χ0) is 21.1. The number of methoxy groups -OCH3 is 2. The smallest absolute Gasteiger partial charge is 0.340 e. The van der Waals surface area contributed by atoms with Crippen molar-refractivity contribution in [2.45, 2.75) is 13.5 Å². The molecule has 29 heavy (non-hydrogen) atoms. The van der Waals surface area contributed by atoms with Crippen molar-refractivity contribution >= 4 is 23.6 Å². The number of nitrogens with zero attached hydrogens (tertiary/aromatic N) is 2. The Balaban J connectivity index is 2.07. The average molecular weight is 398 g/mol. The standard InChI is InChI=1S/C20H18N2O7/c1-12-18(20(24)28-3)15(19(23)21(12)11-14-5-4-8-29-14)9-13-6-7-17(27-2)16(10-13)22(25)26/h4-10H,11H2,1-3H3. The number of esters is 1. The molecule has 1 aliphatic heterocycles. The molecule has 0 bridgehead atoms. The first-order valence-corrected chi connectivity index (χ1v) is 8.55. The minimum absolute atomic E-state index is 0.0837. The maximum absolute atomic E-state index is 13.0. The summed E-state index contributed by atoms with van der Waals surface area (Å²) in [6.07, 6.45) is 2.91. The van der Waals surface area contributed by atoms with Crippen LogP contribution in [0.1, 0.15) is 18.2 Å². The van der Waals surface area contributed by atoms with Crippen molar-refractivity contribution in [1.29, 1.82) is 0 Å². The number of hydrogen-bond acceptors (Lipinski definition) is 7. The van der Waals surface area contributed by atoms with Crippen LogP contribution < -0.4 is 4.74 Å². The van der Waals surface area contributed by atoms with E-state index in [2.05, 4.69) is 0 Å². The van der Waals surface area contributed by atoms with E-state index < -0.39 is 16.8 Å². The number of rotatable bonds is 6. The lowest BCUT2D eigenvalue weighted by Crippen LogP contribution is -2.24.